The number of anilines is 1. The summed E-state index contributed by atoms with van der Waals surface area (Å²) in [6, 6.07) is 22.9. The molecule has 0 saturated carbocycles. The van der Waals surface area contributed by atoms with Gasteiger partial charge in [0.15, 0.2) is 17.3 Å². The van der Waals surface area contributed by atoms with Crippen LogP contribution in [-0.2, 0) is 13.2 Å². The highest BCUT2D eigenvalue weighted by atomic mass is 19.1. The largest absolute Gasteiger partial charge is 0.493 e. The van der Waals surface area contributed by atoms with Crippen LogP contribution in [0.15, 0.2) is 78.9 Å². The molecule has 0 aliphatic heterocycles. The minimum absolute atomic E-state index is 0.282. The summed E-state index contributed by atoms with van der Waals surface area (Å²) in [6.07, 6.45) is 0. The van der Waals surface area contributed by atoms with Gasteiger partial charge in [-0.15, -0.1) is 0 Å². The molecule has 3 aromatic carbocycles. The van der Waals surface area contributed by atoms with Gasteiger partial charge in [0.1, 0.15) is 12.4 Å². The van der Waals surface area contributed by atoms with Gasteiger partial charge in [-0.05, 0) is 42.8 Å². The van der Waals surface area contributed by atoms with E-state index in [9.17, 15) is 9.18 Å². The summed E-state index contributed by atoms with van der Waals surface area (Å²) in [5.74, 6) is 1.11. The number of hydrogen-bond donors (Lipinski definition) is 1. The number of para-hydroxylation sites is 2. The maximum atomic E-state index is 14.0. The number of hydrogen-bond acceptors (Lipinski definition) is 4. The molecular weight excluding hydrogens is 421 g/mol. The van der Waals surface area contributed by atoms with Gasteiger partial charge in [0.05, 0.1) is 13.7 Å². The van der Waals surface area contributed by atoms with E-state index in [0.29, 0.717) is 28.4 Å². The van der Waals surface area contributed by atoms with Gasteiger partial charge in [0.25, 0.3) is 5.91 Å². The van der Waals surface area contributed by atoms with E-state index in [-0.39, 0.29) is 24.9 Å². The van der Waals surface area contributed by atoms with Gasteiger partial charge in [-0.3, -0.25) is 9.48 Å². The fourth-order valence-corrected chi connectivity index (χ4v) is 3.41. The second kappa shape index (κ2) is 9.99. The molecule has 0 radical (unpaired) electrons. The number of methoxy groups -OCH3 is 1. The van der Waals surface area contributed by atoms with E-state index >= 15 is 0 Å². The SMILES string of the molecule is COc1ccccc1OCc1cccc(C(=O)Nc2cc(C)n(Cc3ccccc3F)n2)c1. The Kier molecular flexibility index (Phi) is 6.69. The maximum Gasteiger partial charge on any atom is 0.256 e. The van der Waals surface area contributed by atoms with Crippen LogP contribution in [0.2, 0.25) is 0 Å². The molecule has 168 valence electrons. The molecule has 1 heterocycles. The van der Waals surface area contributed by atoms with Crippen molar-refractivity contribution in [1.29, 1.82) is 0 Å². The van der Waals surface area contributed by atoms with Crippen molar-refractivity contribution in [1.82, 2.24) is 9.78 Å². The van der Waals surface area contributed by atoms with E-state index in [4.69, 9.17) is 9.47 Å². The van der Waals surface area contributed by atoms with E-state index in [1.165, 1.54) is 6.07 Å². The third kappa shape index (κ3) is 5.38. The van der Waals surface area contributed by atoms with Crippen LogP contribution in [0.3, 0.4) is 0 Å². The Bertz CT molecular complexity index is 1270. The Labute approximate surface area is 191 Å². The molecule has 6 nitrogen and oxygen atoms in total. The predicted octanol–water partition coefficient (Wildman–Crippen LogP) is 5.22. The van der Waals surface area contributed by atoms with Crippen molar-refractivity contribution in [3.8, 4) is 11.5 Å². The van der Waals surface area contributed by atoms with Crippen LogP contribution >= 0.6 is 0 Å². The fraction of sp³-hybridized carbons (Fsp3) is 0.154. The number of carbonyl (C=O) groups is 1. The highest BCUT2D eigenvalue weighted by Crippen LogP contribution is 2.26. The molecule has 0 unspecified atom stereocenters. The standard InChI is InChI=1S/C26H24FN3O3/c1-18-14-25(29-30(18)16-21-9-3-4-11-22(21)27)28-26(31)20-10-7-8-19(15-20)17-33-24-13-6-5-12-23(24)32-2/h3-15H,16-17H2,1-2H3,(H,28,29,31). The van der Waals surface area contributed by atoms with Gasteiger partial charge < -0.3 is 14.8 Å². The molecule has 1 amide bonds. The second-order valence-electron chi connectivity index (χ2n) is 7.51. The number of amides is 1. The summed E-state index contributed by atoms with van der Waals surface area (Å²) in [5, 5.41) is 7.22. The smallest absolute Gasteiger partial charge is 0.256 e. The van der Waals surface area contributed by atoms with Crippen LogP contribution in [0.1, 0.15) is 27.2 Å². The molecule has 4 aromatic rings. The first-order chi connectivity index (χ1) is 16.0. The number of nitrogens with one attached hydrogen (secondary N) is 1. The lowest BCUT2D eigenvalue weighted by Gasteiger charge is -2.11. The Morgan fingerprint density at radius 1 is 1.00 bits per heavy atom. The summed E-state index contributed by atoms with van der Waals surface area (Å²) in [4.78, 5) is 12.8. The molecule has 1 N–H and O–H groups in total. The van der Waals surface area contributed by atoms with Crippen LogP contribution in [0, 0.1) is 12.7 Å². The van der Waals surface area contributed by atoms with E-state index in [1.54, 1.807) is 54.3 Å². The summed E-state index contributed by atoms with van der Waals surface area (Å²) in [7, 11) is 1.59. The van der Waals surface area contributed by atoms with Crippen molar-refractivity contribution in [2.45, 2.75) is 20.1 Å². The lowest BCUT2D eigenvalue weighted by molar-refractivity contribution is 0.102. The van der Waals surface area contributed by atoms with Gasteiger partial charge in [-0.2, -0.15) is 5.10 Å². The zero-order valence-electron chi connectivity index (χ0n) is 18.4. The lowest BCUT2D eigenvalue weighted by atomic mass is 10.1. The summed E-state index contributed by atoms with van der Waals surface area (Å²) in [5.41, 5.74) is 2.67. The first-order valence-corrected chi connectivity index (χ1v) is 10.5. The number of aromatic nitrogens is 2. The van der Waals surface area contributed by atoms with Gasteiger partial charge in [-0.25, -0.2) is 4.39 Å². The number of halogens is 1. The third-order valence-electron chi connectivity index (χ3n) is 5.15. The molecule has 7 heteroatoms. The summed E-state index contributed by atoms with van der Waals surface area (Å²) >= 11 is 0. The van der Waals surface area contributed by atoms with Crippen molar-refractivity contribution < 1.29 is 18.7 Å². The molecule has 0 bridgehead atoms. The van der Waals surface area contributed by atoms with Crippen LogP contribution in [-0.4, -0.2) is 22.8 Å². The topological polar surface area (TPSA) is 65.4 Å². The molecular formula is C26H24FN3O3. The Morgan fingerprint density at radius 3 is 2.55 bits per heavy atom. The summed E-state index contributed by atoms with van der Waals surface area (Å²) < 4.78 is 26.8. The highest BCUT2D eigenvalue weighted by molar-refractivity contribution is 6.03. The van der Waals surface area contributed by atoms with Crippen LogP contribution in [0.5, 0.6) is 11.5 Å². The molecule has 4 rings (SSSR count). The molecule has 0 saturated heterocycles. The molecule has 33 heavy (non-hydrogen) atoms. The Morgan fingerprint density at radius 2 is 1.76 bits per heavy atom. The van der Waals surface area contributed by atoms with Crippen molar-refractivity contribution in [3.05, 3.63) is 107 Å². The maximum absolute atomic E-state index is 14.0. The summed E-state index contributed by atoms with van der Waals surface area (Å²) in [6.45, 7) is 2.43. The van der Waals surface area contributed by atoms with Crippen LogP contribution in [0.4, 0.5) is 10.2 Å². The first kappa shape index (κ1) is 22.1. The van der Waals surface area contributed by atoms with Crippen molar-refractivity contribution >= 4 is 11.7 Å². The number of ether oxygens (including phenoxy) is 2. The third-order valence-corrected chi connectivity index (χ3v) is 5.15. The van der Waals surface area contributed by atoms with Crippen molar-refractivity contribution in [2.75, 3.05) is 12.4 Å². The molecule has 0 aliphatic rings. The van der Waals surface area contributed by atoms with E-state index < -0.39 is 0 Å². The van der Waals surface area contributed by atoms with Gasteiger partial charge in [0.2, 0.25) is 0 Å². The number of benzene rings is 3. The number of carbonyl (C=O) groups excluding carboxylic acids is 1. The van der Waals surface area contributed by atoms with E-state index in [1.807, 2.05) is 37.3 Å². The van der Waals surface area contributed by atoms with Crippen molar-refractivity contribution in [2.24, 2.45) is 0 Å². The number of rotatable bonds is 8. The Balaban J connectivity index is 1.42. The second-order valence-corrected chi connectivity index (χ2v) is 7.51. The van der Waals surface area contributed by atoms with Gasteiger partial charge >= 0.3 is 0 Å². The highest BCUT2D eigenvalue weighted by Gasteiger charge is 2.12. The van der Waals surface area contributed by atoms with E-state index in [2.05, 4.69) is 10.4 Å². The molecule has 0 aliphatic carbocycles. The number of nitrogens with zero attached hydrogens (tertiary/aromatic N) is 2. The fourth-order valence-electron chi connectivity index (χ4n) is 3.41. The number of aryl methyl sites for hydroxylation is 1. The van der Waals surface area contributed by atoms with Crippen LogP contribution < -0.4 is 14.8 Å². The zero-order valence-corrected chi connectivity index (χ0v) is 18.4. The molecule has 0 atom stereocenters. The Hall–Kier alpha value is -4.13. The average Bonchev–Trinajstić information content (AvgIpc) is 3.17. The van der Waals surface area contributed by atoms with Crippen molar-refractivity contribution in [3.63, 3.8) is 0 Å². The first-order valence-electron chi connectivity index (χ1n) is 10.5. The minimum atomic E-state index is -0.287. The predicted molar refractivity (Wildman–Crippen MR) is 124 cm³/mol. The van der Waals surface area contributed by atoms with Crippen LogP contribution in [0.25, 0.3) is 0 Å². The van der Waals surface area contributed by atoms with E-state index in [0.717, 1.165) is 11.3 Å². The lowest BCUT2D eigenvalue weighted by Crippen LogP contribution is -2.13. The molecule has 0 spiro atoms. The monoisotopic (exact) mass is 445 g/mol. The minimum Gasteiger partial charge on any atom is -0.493 e. The average molecular weight is 445 g/mol. The normalized spacial score (nSPS) is 10.6. The zero-order chi connectivity index (χ0) is 23.2. The molecule has 1 aromatic heterocycles. The van der Waals surface area contributed by atoms with Gasteiger partial charge in [-0.1, -0.05) is 42.5 Å². The molecule has 0 fully saturated rings. The quantitative estimate of drug-likeness (QED) is 0.404. The van der Waals surface area contributed by atoms with Gasteiger partial charge in [0, 0.05) is 22.9 Å².